The summed E-state index contributed by atoms with van der Waals surface area (Å²) in [6.45, 7) is 9.75. The van der Waals surface area contributed by atoms with Crippen molar-refractivity contribution in [2.45, 2.75) is 223 Å². The molecular weight excluding hydrogens is 1230 g/mol. The molecule has 0 aliphatic carbocycles. The molecular formula is C61H108N16O13S2. The fourth-order valence-electron chi connectivity index (χ4n) is 9.77. The van der Waals surface area contributed by atoms with Crippen molar-refractivity contribution >= 4 is 86.6 Å². The SMILES string of the molecule is CC[C@H](C)[C@H](N)C(=O)N[C@@H](CCCCN)C(=O)N[C@H](C(=O)N[C@@H](CCCCN)C(=O)NC1CSSCC(C(=O)O)NC(=O)[C@H](CCCCN)NC(=O)[C@H](CCCCN)NC(=O)[C@H](CC(C)C)NC(=O)[C@H](Cc2ccccc2)NC(=O)C(CCCCN)NC1=O)[C@@H](C)O. The number of benzene rings is 1. The maximum Gasteiger partial charge on any atom is 0.327 e. The van der Waals surface area contributed by atoms with Gasteiger partial charge in [-0.1, -0.05) is 86.0 Å². The van der Waals surface area contributed by atoms with E-state index < -0.39 is 138 Å². The molecule has 31 heteroatoms. The standard InChI is InChI=1S/C61H108N16O13S2/c1-6-37(4)49(67)59(87)71-44(26-14-19-31-66)55(83)77-50(38(5)78)60(88)72-43(25-13-18-30-65)53(81)75-47-34-91-92-35-48(61(89)90)76-54(82)42(24-12-17-29-64)68-51(79)40(22-10-15-27-62)69-56(84)45(32-36(2)3)73-57(85)46(33-39-20-8-7-9-21-39)74-52(80)41(70-58(47)86)23-11-16-28-63/h7-9,20-21,36-38,40-50,78H,6,10-19,22-35,62-67H2,1-5H3,(H,68,79)(H,69,84)(H,70,86)(H,71,87)(H,72,88)(H,73,85)(H,74,80)(H,75,81)(H,76,82)(H,77,83)(H,89,90)/t37-,38+,40-,41?,42-,43-,44-,45-,46-,47?,48?,49-,50-/m0/s1. The second-order valence-corrected chi connectivity index (χ2v) is 26.4. The zero-order chi connectivity index (χ0) is 68.7. The normalized spacial score (nSPS) is 22.1. The molecule has 1 aromatic carbocycles. The highest BCUT2D eigenvalue weighted by Gasteiger charge is 2.38. The number of aliphatic carboxylic acids is 1. The minimum absolute atomic E-state index is 0.0251. The Bertz CT molecular complexity index is 2460. The summed E-state index contributed by atoms with van der Waals surface area (Å²) in [6.07, 6.45) is 2.99. The molecule has 0 saturated carbocycles. The van der Waals surface area contributed by atoms with Gasteiger partial charge >= 0.3 is 5.97 Å². The number of nitrogens with one attached hydrogen (secondary N) is 10. The molecule has 92 heavy (non-hydrogen) atoms. The van der Waals surface area contributed by atoms with Crippen LogP contribution in [0.4, 0.5) is 0 Å². The van der Waals surface area contributed by atoms with Crippen molar-refractivity contribution in [1.82, 2.24) is 53.2 Å². The van der Waals surface area contributed by atoms with Gasteiger partial charge in [-0.2, -0.15) is 0 Å². The van der Waals surface area contributed by atoms with Crippen LogP contribution in [0.2, 0.25) is 0 Å². The highest BCUT2D eigenvalue weighted by molar-refractivity contribution is 8.76. The van der Waals surface area contributed by atoms with E-state index in [1.54, 1.807) is 37.3 Å². The van der Waals surface area contributed by atoms with Gasteiger partial charge < -0.3 is 97.8 Å². The molecule has 2 rings (SSSR count). The van der Waals surface area contributed by atoms with E-state index >= 15 is 0 Å². The van der Waals surface area contributed by atoms with Crippen LogP contribution in [0.5, 0.6) is 0 Å². The summed E-state index contributed by atoms with van der Waals surface area (Å²) in [4.78, 5) is 156. The van der Waals surface area contributed by atoms with Crippen molar-refractivity contribution in [2.75, 3.05) is 44.2 Å². The Hall–Kier alpha value is -6.19. The van der Waals surface area contributed by atoms with Crippen LogP contribution in [0.1, 0.15) is 149 Å². The number of aliphatic hydroxyl groups excluding tert-OH is 1. The molecule has 13 atom stereocenters. The third kappa shape index (κ3) is 31.2. The number of carbonyl (C=O) groups is 11. The monoisotopic (exact) mass is 1340 g/mol. The third-order valence-electron chi connectivity index (χ3n) is 15.6. The van der Waals surface area contributed by atoms with Crippen LogP contribution in [-0.4, -0.2) is 192 Å². The third-order valence-corrected chi connectivity index (χ3v) is 18.0. The molecule has 0 bridgehead atoms. The summed E-state index contributed by atoms with van der Waals surface area (Å²) < 4.78 is 0. The molecule has 0 aromatic heterocycles. The number of carbonyl (C=O) groups excluding carboxylic acids is 10. The maximum atomic E-state index is 14.9. The molecule has 29 nitrogen and oxygen atoms in total. The zero-order valence-corrected chi connectivity index (χ0v) is 55.9. The van der Waals surface area contributed by atoms with Crippen molar-refractivity contribution in [3.8, 4) is 0 Å². The molecule has 1 aliphatic heterocycles. The Labute approximate surface area is 549 Å². The minimum atomic E-state index is -1.69. The number of hydrogen-bond donors (Lipinski definition) is 18. The molecule has 1 aliphatic rings. The van der Waals surface area contributed by atoms with Gasteiger partial charge in [-0.05, 0) is 160 Å². The summed E-state index contributed by atoms with van der Waals surface area (Å²) in [5, 5.41) is 48.2. The second-order valence-electron chi connectivity index (χ2n) is 23.8. The molecule has 0 spiro atoms. The molecule has 24 N–H and O–H groups in total. The van der Waals surface area contributed by atoms with Crippen LogP contribution in [0.25, 0.3) is 0 Å². The van der Waals surface area contributed by atoms with Gasteiger partial charge in [0.15, 0.2) is 0 Å². The highest BCUT2D eigenvalue weighted by atomic mass is 33.1. The lowest BCUT2D eigenvalue weighted by molar-refractivity contribution is -0.141. The Morgan fingerprint density at radius 2 is 0.957 bits per heavy atom. The number of unbranched alkanes of at least 4 members (excludes halogenated alkanes) is 5. The van der Waals surface area contributed by atoms with Crippen LogP contribution in [0.3, 0.4) is 0 Å². The largest absolute Gasteiger partial charge is 0.480 e. The number of rotatable bonds is 36. The molecule has 1 saturated heterocycles. The average molecular weight is 1340 g/mol. The molecule has 0 radical (unpaired) electrons. The lowest BCUT2D eigenvalue weighted by Gasteiger charge is -2.29. The van der Waals surface area contributed by atoms with Gasteiger partial charge in [0.1, 0.15) is 60.4 Å². The van der Waals surface area contributed by atoms with Crippen LogP contribution in [0, 0.1) is 11.8 Å². The summed E-state index contributed by atoms with van der Waals surface area (Å²) >= 11 is 0. The smallest absolute Gasteiger partial charge is 0.327 e. The Morgan fingerprint density at radius 1 is 0.533 bits per heavy atom. The number of carboxylic acids is 1. The first-order valence-electron chi connectivity index (χ1n) is 32.3. The van der Waals surface area contributed by atoms with Crippen molar-refractivity contribution in [3.63, 3.8) is 0 Å². The van der Waals surface area contributed by atoms with Gasteiger partial charge in [0, 0.05) is 17.9 Å². The first-order valence-corrected chi connectivity index (χ1v) is 34.8. The predicted molar refractivity (Wildman–Crippen MR) is 355 cm³/mol. The van der Waals surface area contributed by atoms with Gasteiger partial charge in [0.25, 0.3) is 0 Å². The van der Waals surface area contributed by atoms with Crippen LogP contribution in [-0.2, 0) is 59.2 Å². The number of hydrogen-bond acceptors (Lipinski definition) is 20. The van der Waals surface area contributed by atoms with Gasteiger partial charge in [0.2, 0.25) is 59.1 Å². The zero-order valence-electron chi connectivity index (χ0n) is 54.3. The van der Waals surface area contributed by atoms with E-state index in [9.17, 15) is 63.0 Å². The first kappa shape index (κ1) is 81.9. The van der Waals surface area contributed by atoms with Crippen LogP contribution in [0.15, 0.2) is 30.3 Å². The fourth-order valence-corrected chi connectivity index (χ4v) is 12.1. The Kier molecular flexibility index (Phi) is 40.9. The summed E-state index contributed by atoms with van der Waals surface area (Å²) in [5.41, 5.74) is 35.8. The Morgan fingerprint density at radius 3 is 1.43 bits per heavy atom. The van der Waals surface area contributed by atoms with Gasteiger partial charge in [-0.3, -0.25) is 47.9 Å². The molecule has 3 unspecified atom stereocenters. The summed E-state index contributed by atoms with van der Waals surface area (Å²) in [5.74, 6) is -10.8. The van der Waals surface area contributed by atoms with Gasteiger partial charge in [-0.25, -0.2) is 4.79 Å². The van der Waals surface area contributed by atoms with E-state index in [1.165, 1.54) is 6.92 Å². The van der Waals surface area contributed by atoms with E-state index in [0.29, 0.717) is 76.3 Å². The van der Waals surface area contributed by atoms with E-state index in [1.807, 2.05) is 20.8 Å². The van der Waals surface area contributed by atoms with E-state index in [2.05, 4.69) is 53.2 Å². The average Bonchev–Trinajstić information content (AvgIpc) is 1.06. The number of nitrogens with two attached hydrogens (primary N) is 6. The predicted octanol–water partition coefficient (Wildman–Crippen LogP) is -2.00. The van der Waals surface area contributed by atoms with Crippen LogP contribution >= 0.6 is 21.6 Å². The van der Waals surface area contributed by atoms with Crippen molar-refractivity contribution in [2.24, 2.45) is 46.2 Å². The summed E-state index contributed by atoms with van der Waals surface area (Å²) in [7, 11) is 1.82. The van der Waals surface area contributed by atoms with E-state index in [4.69, 9.17) is 34.4 Å². The summed E-state index contributed by atoms with van der Waals surface area (Å²) in [6, 6.07) is -6.33. The molecule has 522 valence electrons. The topological polar surface area (TPSA) is 505 Å². The van der Waals surface area contributed by atoms with Crippen molar-refractivity contribution in [3.05, 3.63) is 35.9 Å². The van der Waals surface area contributed by atoms with Crippen molar-refractivity contribution in [1.29, 1.82) is 0 Å². The van der Waals surface area contributed by atoms with Gasteiger partial charge in [0.05, 0.1) is 12.1 Å². The number of amides is 10. The van der Waals surface area contributed by atoms with Crippen LogP contribution < -0.4 is 87.6 Å². The van der Waals surface area contributed by atoms with Gasteiger partial charge in [-0.15, -0.1) is 0 Å². The maximum absolute atomic E-state index is 14.9. The molecule has 1 fully saturated rings. The Balaban J connectivity index is 2.83. The number of carboxylic acid groups (broad SMARTS) is 1. The van der Waals surface area contributed by atoms with E-state index in [-0.39, 0.29) is 101 Å². The highest BCUT2D eigenvalue weighted by Crippen LogP contribution is 2.24. The lowest BCUT2D eigenvalue weighted by Crippen LogP contribution is -2.62. The molecule has 1 aromatic rings. The molecule has 1 heterocycles. The number of aliphatic hydroxyl groups is 1. The molecule has 10 amide bonds. The second kappa shape index (κ2) is 46.0. The van der Waals surface area contributed by atoms with E-state index in [0.717, 1.165) is 21.6 Å². The quantitative estimate of drug-likeness (QED) is 0.0255. The lowest BCUT2D eigenvalue weighted by atomic mass is 9.98. The minimum Gasteiger partial charge on any atom is -0.480 e. The van der Waals surface area contributed by atoms with Crippen molar-refractivity contribution < 1.29 is 63.0 Å². The first-order chi connectivity index (χ1) is 43.8. The fraction of sp³-hybridized carbons (Fsp3) is 0.721.